The van der Waals surface area contributed by atoms with Crippen molar-refractivity contribution < 1.29 is 28.9 Å². The Morgan fingerprint density at radius 2 is 1.00 bits per heavy atom. The lowest BCUT2D eigenvalue weighted by Gasteiger charge is -2.33. The molecule has 0 spiro atoms. The summed E-state index contributed by atoms with van der Waals surface area (Å²) in [6, 6.07) is 21.6. The van der Waals surface area contributed by atoms with E-state index in [1.54, 1.807) is 85.8 Å². The van der Waals surface area contributed by atoms with Crippen LogP contribution in [0, 0.1) is 0 Å². The van der Waals surface area contributed by atoms with Gasteiger partial charge in [0.25, 0.3) is 23.6 Å². The molecule has 1 unspecified atom stereocenters. The van der Waals surface area contributed by atoms with Gasteiger partial charge in [0, 0.05) is 0 Å². The topological polar surface area (TPSA) is 93.2 Å². The molecule has 8 heteroatoms. The second-order valence-electron chi connectivity index (χ2n) is 7.86. The summed E-state index contributed by atoms with van der Waals surface area (Å²) in [6.07, 6.45) is 0. The summed E-state index contributed by atoms with van der Waals surface area (Å²) in [7, 11) is 0. The number of fused-ring (bicyclic) bond motifs is 2. The van der Waals surface area contributed by atoms with E-state index < -0.39 is 29.2 Å². The van der Waals surface area contributed by atoms with Crippen LogP contribution in [0.3, 0.4) is 0 Å². The Morgan fingerprint density at radius 1 is 0.606 bits per heavy atom. The SMILES string of the molecule is CC(CON1C(=O)c2ccccc2C1=O)(ON1C(=O)c2ccccc2C1=O)c1ccccc1. The number of carbonyl (C=O) groups is 4. The van der Waals surface area contributed by atoms with Crippen molar-refractivity contribution in [3.63, 3.8) is 0 Å². The van der Waals surface area contributed by atoms with E-state index >= 15 is 0 Å². The summed E-state index contributed by atoms with van der Waals surface area (Å²) in [6.45, 7) is 1.29. The summed E-state index contributed by atoms with van der Waals surface area (Å²) < 4.78 is 0. The fourth-order valence-electron chi connectivity index (χ4n) is 3.88. The number of hydrogen-bond donors (Lipinski definition) is 0. The van der Waals surface area contributed by atoms with Crippen LogP contribution in [-0.4, -0.2) is 40.4 Å². The van der Waals surface area contributed by atoms with Crippen molar-refractivity contribution in [1.29, 1.82) is 0 Å². The monoisotopic (exact) mass is 442 g/mol. The van der Waals surface area contributed by atoms with Gasteiger partial charge in [-0.25, -0.2) is 4.84 Å². The van der Waals surface area contributed by atoms with Gasteiger partial charge in [0.1, 0.15) is 12.2 Å². The number of benzene rings is 3. The van der Waals surface area contributed by atoms with Crippen LogP contribution in [0.25, 0.3) is 0 Å². The molecule has 164 valence electrons. The highest BCUT2D eigenvalue weighted by Crippen LogP contribution is 2.33. The van der Waals surface area contributed by atoms with Gasteiger partial charge in [-0.1, -0.05) is 54.6 Å². The Morgan fingerprint density at radius 3 is 1.45 bits per heavy atom. The van der Waals surface area contributed by atoms with Crippen molar-refractivity contribution in [2.24, 2.45) is 0 Å². The summed E-state index contributed by atoms with van der Waals surface area (Å²) in [5.41, 5.74) is 0.149. The van der Waals surface area contributed by atoms with Crippen LogP contribution in [0.4, 0.5) is 0 Å². The molecule has 0 bridgehead atoms. The molecule has 3 aromatic rings. The van der Waals surface area contributed by atoms with E-state index in [1.807, 2.05) is 0 Å². The summed E-state index contributed by atoms with van der Waals surface area (Å²) in [4.78, 5) is 62.7. The largest absolute Gasteiger partial charge is 0.285 e. The van der Waals surface area contributed by atoms with Crippen LogP contribution >= 0.6 is 0 Å². The first-order valence-electron chi connectivity index (χ1n) is 10.2. The van der Waals surface area contributed by atoms with Crippen LogP contribution in [-0.2, 0) is 15.3 Å². The van der Waals surface area contributed by atoms with Crippen molar-refractivity contribution in [3.8, 4) is 0 Å². The maximum atomic E-state index is 12.9. The Balaban J connectivity index is 1.43. The van der Waals surface area contributed by atoms with Crippen molar-refractivity contribution in [2.45, 2.75) is 12.5 Å². The van der Waals surface area contributed by atoms with E-state index in [4.69, 9.17) is 9.68 Å². The van der Waals surface area contributed by atoms with E-state index in [0.29, 0.717) is 15.7 Å². The molecular formula is C25H18N2O6. The lowest BCUT2D eigenvalue weighted by atomic mass is 9.97. The van der Waals surface area contributed by atoms with Gasteiger partial charge in [-0.3, -0.25) is 24.0 Å². The molecule has 0 aliphatic carbocycles. The molecule has 33 heavy (non-hydrogen) atoms. The van der Waals surface area contributed by atoms with Gasteiger partial charge in [0.2, 0.25) is 0 Å². The van der Waals surface area contributed by atoms with Gasteiger partial charge in [-0.05, 0) is 36.8 Å². The third kappa shape index (κ3) is 3.32. The molecule has 0 N–H and O–H groups in total. The molecule has 2 aliphatic heterocycles. The zero-order valence-corrected chi connectivity index (χ0v) is 17.6. The average Bonchev–Trinajstić information content (AvgIpc) is 3.24. The van der Waals surface area contributed by atoms with E-state index in [0.717, 1.165) is 0 Å². The van der Waals surface area contributed by atoms with Crippen molar-refractivity contribution >= 4 is 23.6 Å². The predicted molar refractivity (Wildman–Crippen MR) is 115 cm³/mol. The van der Waals surface area contributed by atoms with Gasteiger partial charge in [-0.15, -0.1) is 10.1 Å². The molecule has 0 saturated heterocycles. The maximum absolute atomic E-state index is 12.9. The average molecular weight is 442 g/mol. The van der Waals surface area contributed by atoms with Gasteiger partial charge in [-0.2, -0.15) is 0 Å². The number of amides is 4. The Hall–Kier alpha value is -4.14. The Bertz CT molecular complexity index is 1240. The molecular weight excluding hydrogens is 424 g/mol. The van der Waals surface area contributed by atoms with E-state index in [-0.39, 0.29) is 28.9 Å². The number of hydroxylamine groups is 4. The summed E-state index contributed by atoms with van der Waals surface area (Å²) in [5, 5.41) is 1.38. The van der Waals surface area contributed by atoms with Crippen LogP contribution in [0.1, 0.15) is 53.9 Å². The molecule has 8 nitrogen and oxygen atoms in total. The number of carbonyl (C=O) groups excluding carboxylic acids is 4. The van der Waals surface area contributed by atoms with Gasteiger partial charge in [0.05, 0.1) is 22.3 Å². The highest BCUT2D eigenvalue weighted by molar-refractivity contribution is 6.21. The Labute approximate surface area is 188 Å². The number of hydrogen-bond acceptors (Lipinski definition) is 6. The zero-order valence-electron chi connectivity index (χ0n) is 17.6. The molecule has 0 aromatic heterocycles. The molecule has 2 heterocycles. The van der Waals surface area contributed by atoms with E-state index in [1.165, 1.54) is 0 Å². The molecule has 0 saturated carbocycles. The van der Waals surface area contributed by atoms with Crippen LogP contribution < -0.4 is 0 Å². The molecule has 0 fully saturated rings. The highest BCUT2D eigenvalue weighted by Gasteiger charge is 2.44. The first-order chi connectivity index (χ1) is 15.9. The van der Waals surface area contributed by atoms with E-state index in [2.05, 4.69) is 0 Å². The predicted octanol–water partition coefficient (Wildman–Crippen LogP) is 3.36. The standard InChI is InChI=1S/C25H18N2O6/c1-25(16-9-3-2-4-10-16,33-27-23(30)19-13-7-8-14-20(19)24(27)31)15-32-26-21(28)17-11-5-6-12-18(17)22(26)29/h2-14H,15H2,1H3. The highest BCUT2D eigenvalue weighted by atomic mass is 16.7. The van der Waals surface area contributed by atoms with Crippen molar-refractivity contribution in [2.75, 3.05) is 6.61 Å². The minimum Gasteiger partial charge on any atom is -0.266 e. The minimum absolute atomic E-state index is 0.235. The van der Waals surface area contributed by atoms with Gasteiger partial charge in [0.15, 0.2) is 0 Å². The van der Waals surface area contributed by atoms with Crippen molar-refractivity contribution in [1.82, 2.24) is 10.1 Å². The first kappa shape index (κ1) is 20.7. The van der Waals surface area contributed by atoms with Crippen LogP contribution in [0.5, 0.6) is 0 Å². The molecule has 5 rings (SSSR count). The van der Waals surface area contributed by atoms with Crippen LogP contribution in [0.2, 0.25) is 0 Å². The maximum Gasteiger partial charge on any atom is 0.285 e. The lowest BCUT2D eigenvalue weighted by molar-refractivity contribution is -0.231. The first-order valence-corrected chi connectivity index (χ1v) is 10.2. The number of imide groups is 2. The quantitative estimate of drug-likeness (QED) is 0.544. The Kier molecular flexibility index (Phi) is 4.88. The minimum atomic E-state index is -1.38. The fourth-order valence-corrected chi connectivity index (χ4v) is 3.88. The van der Waals surface area contributed by atoms with E-state index in [9.17, 15) is 19.2 Å². The second kappa shape index (κ2) is 7.77. The van der Waals surface area contributed by atoms with Gasteiger partial charge >= 0.3 is 0 Å². The summed E-state index contributed by atoms with van der Waals surface area (Å²) >= 11 is 0. The van der Waals surface area contributed by atoms with Crippen molar-refractivity contribution in [3.05, 3.63) is 107 Å². The smallest absolute Gasteiger partial charge is 0.266 e. The lowest BCUT2D eigenvalue weighted by Crippen LogP contribution is -2.44. The zero-order chi connectivity index (χ0) is 23.2. The normalized spacial score (nSPS) is 16.8. The van der Waals surface area contributed by atoms with Gasteiger partial charge < -0.3 is 0 Å². The number of rotatable bonds is 6. The molecule has 2 aliphatic rings. The third-order valence-corrected chi connectivity index (χ3v) is 5.66. The second-order valence-corrected chi connectivity index (χ2v) is 7.86. The van der Waals surface area contributed by atoms with Crippen LogP contribution in [0.15, 0.2) is 78.9 Å². The molecule has 3 aromatic carbocycles. The fraction of sp³-hybridized carbons (Fsp3) is 0.120. The molecule has 1 atom stereocenters. The molecule has 4 amide bonds. The molecule has 0 radical (unpaired) electrons. The number of nitrogens with zero attached hydrogens (tertiary/aromatic N) is 2. The third-order valence-electron chi connectivity index (χ3n) is 5.66. The summed E-state index contributed by atoms with van der Waals surface area (Å²) in [5.74, 6) is -2.38.